The Hall–Kier alpha value is -2.18. The molecule has 0 atom stereocenters. The van der Waals surface area contributed by atoms with Crippen molar-refractivity contribution in [2.24, 2.45) is 0 Å². The number of fused-ring (bicyclic) bond motifs is 1. The van der Waals surface area contributed by atoms with Crippen molar-refractivity contribution in [2.45, 2.75) is 26.3 Å². The molecular weight excluding hydrogens is 322 g/mol. The Morgan fingerprint density at radius 1 is 1.38 bits per heavy atom. The number of rotatable bonds is 7. The summed E-state index contributed by atoms with van der Waals surface area (Å²) in [4.78, 5) is 16.4. The summed E-state index contributed by atoms with van der Waals surface area (Å²) in [5.74, 6) is -0.00178. The molecule has 126 valence electrons. The quantitative estimate of drug-likeness (QED) is 0.713. The van der Waals surface area contributed by atoms with Gasteiger partial charge in [0.25, 0.3) is 0 Å². The van der Waals surface area contributed by atoms with Crippen LogP contribution in [0, 0.1) is 6.92 Å². The van der Waals surface area contributed by atoms with Crippen molar-refractivity contribution >= 4 is 33.3 Å². The number of carbonyl (C=O) groups is 1. The van der Waals surface area contributed by atoms with Crippen molar-refractivity contribution in [3.8, 4) is 0 Å². The molecule has 24 heavy (non-hydrogen) atoms. The number of nitrogens with one attached hydrogen (secondary N) is 1. The van der Waals surface area contributed by atoms with Gasteiger partial charge in [0, 0.05) is 42.6 Å². The number of hydrogen-bond acceptors (Lipinski definition) is 4. The van der Waals surface area contributed by atoms with Gasteiger partial charge in [-0.1, -0.05) is 18.2 Å². The van der Waals surface area contributed by atoms with Gasteiger partial charge in [-0.05, 0) is 25.0 Å². The van der Waals surface area contributed by atoms with Gasteiger partial charge in [0.1, 0.15) is 0 Å². The van der Waals surface area contributed by atoms with Crippen LogP contribution in [0.15, 0.2) is 35.8 Å². The summed E-state index contributed by atoms with van der Waals surface area (Å²) in [5, 5.41) is 6.66. The molecule has 0 radical (unpaired) electrons. The highest BCUT2D eigenvalue weighted by Crippen LogP contribution is 2.23. The van der Waals surface area contributed by atoms with E-state index in [1.165, 1.54) is 27.8 Å². The zero-order chi connectivity index (χ0) is 16.9. The number of ether oxygens (including phenoxy) is 1. The molecule has 2 aromatic heterocycles. The van der Waals surface area contributed by atoms with E-state index in [1.807, 2.05) is 24.4 Å². The lowest BCUT2D eigenvalue weighted by Crippen LogP contribution is -2.12. The molecule has 0 fully saturated rings. The maximum atomic E-state index is 12.1. The lowest BCUT2D eigenvalue weighted by Gasteiger charge is -2.03. The van der Waals surface area contributed by atoms with E-state index in [-0.39, 0.29) is 5.91 Å². The van der Waals surface area contributed by atoms with Crippen molar-refractivity contribution in [1.29, 1.82) is 0 Å². The van der Waals surface area contributed by atoms with Crippen LogP contribution in [0.3, 0.4) is 0 Å². The molecule has 6 heteroatoms. The van der Waals surface area contributed by atoms with Crippen molar-refractivity contribution in [3.63, 3.8) is 0 Å². The molecule has 0 unspecified atom stereocenters. The third-order valence-corrected chi connectivity index (χ3v) is 4.77. The first-order valence-electron chi connectivity index (χ1n) is 7.95. The van der Waals surface area contributed by atoms with E-state index in [2.05, 4.69) is 33.2 Å². The van der Waals surface area contributed by atoms with Crippen molar-refractivity contribution in [2.75, 3.05) is 19.0 Å². The first-order chi connectivity index (χ1) is 11.7. The van der Waals surface area contributed by atoms with Gasteiger partial charge in [0.15, 0.2) is 5.13 Å². The number of methoxy groups -OCH3 is 1. The lowest BCUT2D eigenvalue weighted by molar-refractivity contribution is -0.116. The fourth-order valence-corrected chi connectivity index (χ4v) is 3.44. The minimum atomic E-state index is -0.00178. The maximum Gasteiger partial charge on any atom is 0.226 e. The number of hydrogen-bond donors (Lipinski definition) is 1. The Kier molecular flexibility index (Phi) is 5.27. The van der Waals surface area contributed by atoms with Crippen LogP contribution in [0.25, 0.3) is 10.9 Å². The monoisotopic (exact) mass is 343 g/mol. The van der Waals surface area contributed by atoms with Gasteiger partial charge in [-0.2, -0.15) is 0 Å². The fraction of sp³-hybridized carbons (Fsp3) is 0.333. The zero-order valence-electron chi connectivity index (χ0n) is 13.9. The van der Waals surface area contributed by atoms with Gasteiger partial charge >= 0.3 is 0 Å². The van der Waals surface area contributed by atoms with Gasteiger partial charge in [0.2, 0.25) is 5.91 Å². The highest BCUT2D eigenvalue weighted by atomic mass is 32.1. The molecule has 3 aromatic rings. The molecule has 0 bridgehead atoms. The molecule has 0 spiro atoms. The van der Waals surface area contributed by atoms with Crippen molar-refractivity contribution in [1.82, 2.24) is 9.55 Å². The summed E-state index contributed by atoms with van der Waals surface area (Å²) in [6, 6.07) is 8.28. The summed E-state index contributed by atoms with van der Waals surface area (Å²) >= 11 is 1.45. The Bertz CT molecular complexity index is 838. The highest BCUT2D eigenvalue weighted by Gasteiger charge is 2.11. The number of aryl methyl sites for hydroxylation is 2. The molecule has 0 aliphatic carbocycles. The third-order valence-electron chi connectivity index (χ3n) is 3.89. The smallest absolute Gasteiger partial charge is 0.226 e. The highest BCUT2D eigenvalue weighted by molar-refractivity contribution is 7.13. The van der Waals surface area contributed by atoms with E-state index in [1.54, 1.807) is 7.11 Å². The second-order valence-electron chi connectivity index (χ2n) is 5.70. The normalized spacial score (nSPS) is 11.1. The SMILES string of the molecule is COCCn1cc(CCC(=O)Nc2nc(C)cs2)c2ccccc21. The minimum absolute atomic E-state index is 0.00178. The van der Waals surface area contributed by atoms with E-state index < -0.39 is 0 Å². The van der Waals surface area contributed by atoms with Gasteiger partial charge in [-0.3, -0.25) is 4.79 Å². The second-order valence-corrected chi connectivity index (χ2v) is 6.56. The zero-order valence-corrected chi connectivity index (χ0v) is 14.7. The van der Waals surface area contributed by atoms with Crippen LogP contribution in [0.5, 0.6) is 0 Å². The Morgan fingerprint density at radius 2 is 2.21 bits per heavy atom. The Balaban J connectivity index is 1.69. The number of anilines is 1. The summed E-state index contributed by atoms with van der Waals surface area (Å²) in [6.45, 7) is 3.39. The van der Waals surface area contributed by atoms with Gasteiger partial charge in [-0.25, -0.2) is 4.98 Å². The number of aromatic nitrogens is 2. The average Bonchev–Trinajstić information content (AvgIpc) is 3.15. The predicted molar refractivity (Wildman–Crippen MR) is 97.6 cm³/mol. The van der Waals surface area contributed by atoms with Crippen LogP contribution >= 0.6 is 11.3 Å². The summed E-state index contributed by atoms with van der Waals surface area (Å²) in [5.41, 5.74) is 3.30. The molecule has 0 saturated heterocycles. The molecule has 0 saturated carbocycles. The molecule has 0 aliphatic heterocycles. The van der Waals surface area contributed by atoms with E-state index in [0.717, 1.165) is 12.2 Å². The third kappa shape index (κ3) is 3.83. The van der Waals surface area contributed by atoms with E-state index >= 15 is 0 Å². The number of carbonyl (C=O) groups excluding carboxylic acids is 1. The number of benzene rings is 1. The first-order valence-corrected chi connectivity index (χ1v) is 8.83. The average molecular weight is 343 g/mol. The molecule has 3 rings (SSSR count). The fourth-order valence-electron chi connectivity index (χ4n) is 2.74. The van der Waals surface area contributed by atoms with Crippen LogP contribution < -0.4 is 5.32 Å². The van der Waals surface area contributed by atoms with Gasteiger partial charge in [-0.15, -0.1) is 11.3 Å². The Morgan fingerprint density at radius 3 is 2.96 bits per heavy atom. The van der Waals surface area contributed by atoms with E-state index in [4.69, 9.17) is 4.74 Å². The lowest BCUT2D eigenvalue weighted by atomic mass is 10.1. The van der Waals surface area contributed by atoms with Gasteiger partial charge < -0.3 is 14.6 Å². The minimum Gasteiger partial charge on any atom is -0.383 e. The van der Waals surface area contributed by atoms with Crippen molar-refractivity contribution in [3.05, 3.63) is 47.1 Å². The standard InChI is InChI=1S/C18H21N3O2S/c1-13-12-24-18(19-13)20-17(22)8-7-14-11-21(9-10-23-2)16-6-4-3-5-15(14)16/h3-6,11-12H,7-10H2,1-2H3,(H,19,20,22). The number of amides is 1. The first kappa shape index (κ1) is 16.7. The maximum absolute atomic E-state index is 12.1. The van der Waals surface area contributed by atoms with E-state index in [0.29, 0.717) is 24.6 Å². The second kappa shape index (κ2) is 7.59. The van der Waals surface area contributed by atoms with Gasteiger partial charge in [0.05, 0.1) is 12.3 Å². The van der Waals surface area contributed by atoms with Crippen LogP contribution in [-0.4, -0.2) is 29.2 Å². The van der Waals surface area contributed by atoms with Crippen LogP contribution in [-0.2, 0) is 22.5 Å². The van der Waals surface area contributed by atoms with E-state index in [9.17, 15) is 4.79 Å². The molecule has 1 aromatic carbocycles. The number of para-hydroxylation sites is 1. The van der Waals surface area contributed by atoms with Crippen molar-refractivity contribution < 1.29 is 9.53 Å². The topological polar surface area (TPSA) is 56.1 Å². The van der Waals surface area contributed by atoms with Crippen LogP contribution in [0.4, 0.5) is 5.13 Å². The molecule has 1 amide bonds. The molecule has 5 nitrogen and oxygen atoms in total. The number of thiazole rings is 1. The predicted octanol–water partition coefficient (Wildman–Crippen LogP) is 3.62. The molecule has 1 N–H and O–H groups in total. The molecule has 0 aliphatic rings. The summed E-state index contributed by atoms with van der Waals surface area (Å²) in [6.07, 6.45) is 3.28. The largest absolute Gasteiger partial charge is 0.383 e. The van der Waals surface area contributed by atoms with Crippen LogP contribution in [0.1, 0.15) is 17.7 Å². The summed E-state index contributed by atoms with van der Waals surface area (Å²) < 4.78 is 7.37. The molecule has 2 heterocycles. The number of nitrogens with zero attached hydrogens (tertiary/aromatic N) is 2. The van der Waals surface area contributed by atoms with Crippen LogP contribution in [0.2, 0.25) is 0 Å². The summed E-state index contributed by atoms with van der Waals surface area (Å²) in [7, 11) is 1.71. The molecular formula is C18H21N3O2S. The Labute approximate surface area is 145 Å².